The molecule has 0 spiro atoms. The van der Waals surface area contributed by atoms with E-state index in [1.54, 1.807) is 6.20 Å². The summed E-state index contributed by atoms with van der Waals surface area (Å²) in [6, 6.07) is 0. The van der Waals surface area contributed by atoms with Crippen LogP contribution in [-0.2, 0) is 13.1 Å². The zero-order chi connectivity index (χ0) is 14.5. The highest BCUT2D eigenvalue weighted by Crippen LogP contribution is 2.16. The molecule has 0 radical (unpaired) electrons. The Morgan fingerprint density at radius 1 is 1.50 bits per heavy atom. The maximum atomic E-state index is 12.1. The van der Waals surface area contributed by atoms with E-state index in [-0.39, 0.29) is 5.56 Å². The van der Waals surface area contributed by atoms with E-state index in [2.05, 4.69) is 41.5 Å². The molecule has 2 aromatic rings. The summed E-state index contributed by atoms with van der Waals surface area (Å²) in [5.41, 5.74) is 0.474. The molecule has 0 aliphatic rings. The van der Waals surface area contributed by atoms with Crippen molar-refractivity contribution in [3.05, 3.63) is 33.2 Å². The number of anilines is 1. The van der Waals surface area contributed by atoms with Gasteiger partial charge in [-0.3, -0.25) is 9.89 Å². The summed E-state index contributed by atoms with van der Waals surface area (Å²) < 4.78 is 1.90. The molecule has 9 heteroatoms. The average Bonchev–Trinajstić information content (AvgIpc) is 2.92. The second-order valence-corrected chi connectivity index (χ2v) is 5.28. The Kier molecular flexibility index (Phi) is 4.85. The fraction of sp³-hybridized carbons (Fsp3) is 0.455. The van der Waals surface area contributed by atoms with Crippen LogP contribution in [0.4, 0.5) is 5.69 Å². The number of hydrogen-bond acceptors (Lipinski definition) is 6. The Balaban J connectivity index is 2.08. The molecule has 0 saturated heterocycles. The Bertz CT molecular complexity index is 608. The van der Waals surface area contributed by atoms with Gasteiger partial charge in [-0.2, -0.15) is 10.2 Å². The van der Waals surface area contributed by atoms with Gasteiger partial charge >= 0.3 is 0 Å². The molecule has 0 amide bonds. The van der Waals surface area contributed by atoms with Crippen LogP contribution >= 0.6 is 15.9 Å². The van der Waals surface area contributed by atoms with Crippen LogP contribution in [0.15, 0.2) is 21.8 Å². The van der Waals surface area contributed by atoms with Crippen LogP contribution in [0.5, 0.6) is 0 Å². The number of aromatic nitrogens is 5. The minimum Gasteiger partial charge on any atom is -0.375 e. The van der Waals surface area contributed by atoms with E-state index < -0.39 is 0 Å². The Morgan fingerprint density at radius 2 is 2.30 bits per heavy atom. The van der Waals surface area contributed by atoms with E-state index in [0.29, 0.717) is 29.1 Å². The van der Waals surface area contributed by atoms with Crippen LogP contribution < -0.4 is 10.9 Å². The molecule has 2 heterocycles. The molecule has 0 fully saturated rings. The molecule has 20 heavy (non-hydrogen) atoms. The first kappa shape index (κ1) is 14.7. The van der Waals surface area contributed by atoms with Crippen molar-refractivity contribution in [2.24, 2.45) is 0 Å². The lowest BCUT2D eigenvalue weighted by atomic mass is 10.4. The molecule has 0 unspecified atom stereocenters. The van der Waals surface area contributed by atoms with E-state index in [9.17, 15) is 4.79 Å². The lowest BCUT2D eigenvalue weighted by molar-refractivity contribution is 0.367. The second-order valence-electron chi connectivity index (χ2n) is 4.49. The van der Waals surface area contributed by atoms with Gasteiger partial charge in [0, 0.05) is 6.54 Å². The first-order valence-corrected chi connectivity index (χ1v) is 6.85. The molecule has 0 saturated carbocycles. The number of nitrogens with one attached hydrogen (secondary N) is 2. The van der Waals surface area contributed by atoms with Gasteiger partial charge < -0.3 is 10.2 Å². The lowest BCUT2D eigenvalue weighted by Crippen LogP contribution is -2.29. The summed E-state index contributed by atoms with van der Waals surface area (Å²) in [7, 11) is 3.90. The third-order valence-electron chi connectivity index (χ3n) is 2.66. The van der Waals surface area contributed by atoms with Gasteiger partial charge in [0.05, 0.1) is 25.0 Å². The smallest absolute Gasteiger partial charge is 0.283 e. The fourth-order valence-electron chi connectivity index (χ4n) is 1.54. The van der Waals surface area contributed by atoms with Crippen molar-refractivity contribution in [3.63, 3.8) is 0 Å². The summed E-state index contributed by atoms with van der Waals surface area (Å²) in [5, 5.41) is 13.7. The molecule has 0 aliphatic heterocycles. The van der Waals surface area contributed by atoms with E-state index in [1.165, 1.54) is 11.0 Å². The normalized spacial score (nSPS) is 11.0. The highest BCUT2D eigenvalue weighted by molar-refractivity contribution is 9.10. The van der Waals surface area contributed by atoms with Crippen molar-refractivity contribution in [3.8, 4) is 0 Å². The number of rotatable bonds is 6. The van der Waals surface area contributed by atoms with E-state index in [0.717, 1.165) is 6.54 Å². The molecule has 0 bridgehead atoms. The quantitative estimate of drug-likeness (QED) is 0.785. The molecule has 8 nitrogen and oxygen atoms in total. The molecule has 0 atom stereocenters. The summed E-state index contributed by atoms with van der Waals surface area (Å²) in [4.78, 5) is 18.1. The number of aromatic amines is 1. The molecule has 2 N–H and O–H groups in total. The average molecular weight is 342 g/mol. The molecular weight excluding hydrogens is 326 g/mol. The zero-order valence-corrected chi connectivity index (χ0v) is 12.9. The second kappa shape index (κ2) is 6.62. The number of H-pyrrole nitrogens is 1. The molecule has 0 aromatic carbocycles. The standard InChI is InChI=1S/C11H16BrN7O/c1-18(2)3-4-19-11(20)10(12)8(5-16-19)13-6-9-14-7-15-17-9/h5,7,13H,3-4,6H2,1-2H3,(H,14,15,17). The first-order chi connectivity index (χ1) is 9.58. The number of nitrogens with zero attached hydrogens (tertiary/aromatic N) is 5. The van der Waals surface area contributed by atoms with Gasteiger partial charge in [-0.1, -0.05) is 0 Å². The number of halogens is 1. The van der Waals surface area contributed by atoms with Crippen LogP contribution in [0, 0.1) is 0 Å². The van der Waals surface area contributed by atoms with Crippen molar-refractivity contribution < 1.29 is 0 Å². The van der Waals surface area contributed by atoms with Crippen LogP contribution in [0.2, 0.25) is 0 Å². The SMILES string of the molecule is CN(C)CCn1ncc(NCc2ncn[nH]2)c(Br)c1=O. The number of likely N-dealkylation sites (N-methyl/N-ethyl adjacent to an activating group) is 1. The topological polar surface area (TPSA) is 91.7 Å². The van der Waals surface area contributed by atoms with E-state index >= 15 is 0 Å². The van der Waals surface area contributed by atoms with Gasteiger partial charge in [-0.15, -0.1) is 0 Å². The summed E-state index contributed by atoms with van der Waals surface area (Å²) in [5.74, 6) is 0.689. The van der Waals surface area contributed by atoms with Crippen LogP contribution in [0.3, 0.4) is 0 Å². The largest absolute Gasteiger partial charge is 0.375 e. The predicted octanol–water partition coefficient (Wildman–Crippen LogP) is 0.298. The minimum absolute atomic E-state index is 0.158. The summed E-state index contributed by atoms with van der Waals surface area (Å²) in [6.07, 6.45) is 3.06. The molecule has 2 rings (SSSR count). The van der Waals surface area contributed by atoms with Crippen LogP contribution in [-0.4, -0.2) is 50.5 Å². The van der Waals surface area contributed by atoms with E-state index in [1.807, 2.05) is 19.0 Å². The lowest BCUT2D eigenvalue weighted by Gasteiger charge is -2.12. The predicted molar refractivity (Wildman–Crippen MR) is 78.5 cm³/mol. The third-order valence-corrected chi connectivity index (χ3v) is 3.42. The fourth-order valence-corrected chi connectivity index (χ4v) is 1.98. The highest BCUT2D eigenvalue weighted by atomic mass is 79.9. The Morgan fingerprint density at radius 3 is 2.95 bits per heavy atom. The number of hydrogen-bond donors (Lipinski definition) is 2. The summed E-state index contributed by atoms with van der Waals surface area (Å²) >= 11 is 3.31. The van der Waals surface area contributed by atoms with Crippen molar-refractivity contribution in [1.29, 1.82) is 0 Å². The highest BCUT2D eigenvalue weighted by Gasteiger charge is 2.09. The van der Waals surface area contributed by atoms with Crippen molar-refractivity contribution in [2.45, 2.75) is 13.1 Å². The third kappa shape index (κ3) is 3.64. The monoisotopic (exact) mass is 341 g/mol. The van der Waals surface area contributed by atoms with Gasteiger partial charge in [0.1, 0.15) is 16.6 Å². The maximum Gasteiger partial charge on any atom is 0.283 e. The molecular formula is C11H16BrN7O. The van der Waals surface area contributed by atoms with Gasteiger partial charge in [0.25, 0.3) is 5.56 Å². The Labute approximate surface area is 124 Å². The van der Waals surface area contributed by atoms with Gasteiger partial charge in [-0.25, -0.2) is 9.67 Å². The summed E-state index contributed by atoms with van der Waals surface area (Å²) in [6.45, 7) is 1.75. The molecule has 108 valence electrons. The Hall–Kier alpha value is -1.74. The van der Waals surface area contributed by atoms with E-state index in [4.69, 9.17) is 0 Å². The van der Waals surface area contributed by atoms with Crippen molar-refractivity contribution in [2.75, 3.05) is 26.0 Å². The van der Waals surface area contributed by atoms with Gasteiger partial charge in [0.15, 0.2) is 0 Å². The van der Waals surface area contributed by atoms with Crippen LogP contribution in [0.1, 0.15) is 5.82 Å². The minimum atomic E-state index is -0.158. The van der Waals surface area contributed by atoms with Gasteiger partial charge in [0.2, 0.25) is 0 Å². The molecule has 2 aromatic heterocycles. The van der Waals surface area contributed by atoms with Crippen molar-refractivity contribution >= 4 is 21.6 Å². The van der Waals surface area contributed by atoms with Crippen molar-refractivity contribution in [1.82, 2.24) is 29.9 Å². The van der Waals surface area contributed by atoms with Crippen LogP contribution in [0.25, 0.3) is 0 Å². The van der Waals surface area contributed by atoms with Gasteiger partial charge in [-0.05, 0) is 30.0 Å². The maximum absolute atomic E-state index is 12.1. The molecule has 0 aliphatic carbocycles. The first-order valence-electron chi connectivity index (χ1n) is 6.06. The zero-order valence-electron chi connectivity index (χ0n) is 11.3.